The van der Waals surface area contributed by atoms with Gasteiger partial charge in [0.15, 0.2) is 11.6 Å². The Morgan fingerprint density at radius 1 is 0.479 bits per heavy atom. The number of morpholine rings is 3. The van der Waals surface area contributed by atoms with Crippen LogP contribution in [0.3, 0.4) is 0 Å². The zero-order valence-corrected chi connectivity index (χ0v) is 76.7. The summed E-state index contributed by atoms with van der Waals surface area (Å²) in [6, 6.07) is 16.9. The normalized spacial score (nSPS) is 17.6. The van der Waals surface area contributed by atoms with Crippen LogP contribution in [0.25, 0.3) is 66.6 Å². The first kappa shape index (κ1) is 101. The number of likely N-dealkylation sites (N-methyl/N-ethyl adjacent to an activating group) is 1. The second-order valence-corrected chi connectivity index (χ2v) is 34.7. The molecule has 0 radical (unpaired) electrons. The number of esters is 3. The minimum Gasteiger partial charge on any atom is -0.467 e. The van der Waals surface area contributed by atoms with Crippen molar-refractivity contribution in [3.8, 4) is 33.9 Å². The number of benzene rings is 6. The minimum atomic E-state index is -4.85. The maximum Gasteiger partial charge on any atom is 0.417 e. The number of rotatable bonds is 21. The number of pyridine rings is 4. The molecule has 0 saturated carbocycles. The second-order valence-electron chi connectivity index (χ2n) is 34.7. The molecule has 28 nitrogen and oxygen atoms in total. The highest BCUT2D eigenvalue weighted by atomic mass is 19.4. The van der Waals surface area contributed by atoms with E-state index in [0.29, 0.717) is 98.7 Å². The number of anilines is 3. The number of nitrogens with zero attached hydrogens (tertiary/aromatic N) is 12. The fourth-order valence-electron chi connectivity index (χ4n) is 18.5. The number of hydrogen-bond acceptors (Lipinski definition) is 24. The Labute approximate surface area is 799 Å². The van der Waals surface area contributed by atoms with Crippen LogP contribution in [0.15, 0.2) is 151 Å². The van der Waals surface area contributed by atoms with Crippen molar-refractivity contribution < 1.29 is 123 Å². The highest BCUT2D eigenvalue weighted by Crippen LogP contribution is 2.43. The second kappa shape index (κ2) is 41.8. The van der Waals surface area contributed by atoms with Gasteiger partial charge in [0.1, 0.15) is 81.8 Å². The van der Waals surface area contributed by atoms with Gasteiger partial charge < -0.3 is 68.5 Å². The van der Waals surface area contributed by atoms with E-state index in [0.717, 1.165) is 128 Å². The van der Waals surface area contributed by atoms with E-state index in [4.69, 9.17) is 38.4 Å². The number of aryl methyl sites for hydroxylation is 3. The molecular weight excluding hydrogens is 1890 g/mol. The Bertz CT molecular complexity index is 6900. The third-order valence-corrected chi connectivity index (χ3v) is 25.8. The molecule has 12 heterocycles. The van der Waals surface area contributed by atoms with Crippen LogP contribution in [0.5, 0.6) is 0 Å². The Hall–Kier alpha value is -14.3. The summed E-state index contributed by atoms with van der Waals surface area (Å²) in [6.45, 7) is 1.80. The van der Waals surface area contributed by atoms with Gasteiger partial charge in [0.25, 0.3) is 23.3 Å². The average Bonchev–Trinajstić information content (AvgIpc) is 0.851. The summed E-state index contributed by atoms with van der Waals surface area (Å²) >= 11 is 0. The number of alkyl halides is 9. The SMILES string of the molecule is COC(=O)[C@H](Cc1ccc(-c2c(C(F)(F)F)cc(C)n(C)c2=O)c2ncccc12)NC(=O)c1c(F)cc(N2CC3CCC2CO3)cc1F.COC(=O)[C@H](Cc1ccc(-c2ncc3c(n2)CCC3)c2ncccc12)NC(=O)c1c(F)cc(N2CCOC[C@@H]2C(F)(F)F)cc1F.COC(=O)[C@H](Cc1ccc(-c2ncc3c(n2)CCN(C)C3)c2ncccc12)NC(=O)c1c(F)cc(N2CCOC[C@@H]2C(F)(F)F)cc1F. The molecule has 2 bridgehead atoms. The van der Waals surface area contributed by atoms with E-state index in [2.05, 4.69) is 45.8 Å². The molecule has 12 aromatic rings. The number of carbonyl (C=O) groups is 6. The fourth-order valence-corrected chi connectivity index (χ4v) is 18.5. The van der Waals surface area contributed by atoms with E-state index in [-0.39, 0.29) is 85.6 Å². The number of nitrogens with one attached hydrogen (secondary N) is 3. The maximum absolute atomic E-state index is 15.3. The highest BCUT2D eigenvalue weighted by molar-refractivity contribution is 6.02. The molecule has 5 saturated heterocycles. The molecule has 142 heavy (non-hydrogen) atoms. The van der Waals surface area contributed by atoms with Crippen LogP contribution in [-0.4, -0.2) is 222 Å². The van der Waals surface area contributed by atoms with Crippen molar-refractivity contribution in [2.75, 3.05) is 102 Å². The topological polar surface area (TPSA) is 319 Å². The Morgan fingerprint density at radius 3 is 1.27 bits per heavy atom. The van der Waals surface area contributed by atoms with Crippen molar-refractivity contribution in [2.24, 2.45) is 7.05 Å². The van der Waals surface area contributed by atoms with Crippen LogP contribution in [0.1, 0.15) is 101 Å². The van der Waals surface area contributed by atoms with Crippen LogP contribution in [0, 0.1) is 41.8 Å². The first-order valence-electron chi connectivity index (χ1n) is 44.9. The molecule has 744 valence electrons. The predicted molar refractivity (Wildman–Crippen MR) is 486 cm³/mol. The minimum absolute atomic E-state index is 0.0399. The molecule has 1 aliphatic carbocycles. The molecule has 2 unspecified atom stereocenters. The number of hydrogen-bond donors (Lipinski definition) is 3. The summed E-state index contributed by atoms with van der Waals surface area (Å²) in [6.07, 6.45) is -1.47. The number of ether oxygens (including phenoxy) is 6. The van der Waals surface area contributed by atoms with Gasteiger partial charge in [-0.15, -0.1) is 0 Å². The van der Waals surface area contributed by atoms with Crippen molar-refractivity contribution >= 4 is 85.4 Å². The summed E-state index contributed by atoms with van der Waals surface area (Å²) in [5, 5.41) is 8.58. The first-order valence-corrected chi connectivity index (χ1v) is 44.9. The largest absolute Gasteiger partial charge is 0.467 e. The van der Waals surface area contributed by atoms with E-state index in [9.17, 15) is 73.1 Å². The maximum atomic E-state index is 15.3. The van der Waals surface area contributed by atoms with Gasteiger partial charge in [0.05, 0.1) is 99.9 Å². The fraction of sp³-hybridized carbons (Fsp3) is 0.354. The monoisotopic (exact) mass is 1980 g/mol. The Morgan fingerprint density at radius 2 is 0.880 bits per heavy atom. The summed E-state index contributed by atoms with van der Waals surface area (Å²) in [7, 11) is 6.67. The molecule has 7 aliphatic rings. The number of methoxy groups -OCH3 is 3. The van der Waals surface area contributed by atoms with Crippen molar-refractivity contribution in [3.05, 3.63) is 259 Å². The molecule has 6 aromatic heterocycles. The first-order chi connectivity index (χ1) is 67.8. The molecule has 5 fully saturated rings. The lowest BCUT2D eigenvalue weighted by Crippen LogP contribution is -2.54. The van der Waals surface area contributed by atoms with E-state index in [1.165, 1.54) is 38.4 Å². The number of amides is 3. The average molecular weight is 1980 g/mol. The number of carbonyl (C=O) groups excluding carboxylic acids is 6. The molecule has 0 spiro atoms. The Balaban J connectivity index is 0.000000153. The van der Waals surface area contributed by atoms with Gasteiger partial charge in [-0.05, 0) is 141 Å². The van der Waals surface area contributed by atoms with Crippen molar-refractivity contribution in [3.63, 3.8) is 0 Å². The molecule has 7 atom stereocenters. The van der Waals surface area contributed by atoms with E-state index < -0.39 is 177 Å². The van der Waals surface area contributed by atoms with Crippen LogP contribution < -0.4 is 36.2 Å². The van der Waals surface area contributed by atoms with Gasteiger partial charge in [0.2, 0.25) is 0 Å². The van der Waals surface area contributed by atoms with Crippen LogP contribution >= 0.6 is 0 Å². The van der Waals surface area contributed by atoms with Gasteiger partial charge >= 0.3 is 36.4 Å². The molecule has 3 amide bonds. The standard InChI is InChI=1S/C34H31F5N4O5.C33H31F5N6O4.C32H28F5N5O4/c1-17-11-24(34(37,38)39)28(32(45)42(17)2)23-9-6-18(22-5-4-10-40-30(22)23)12-27(33(46)47-3)41-31(44)29-25(35)13-20(14-26(29)36)43-15-21-8-7-19(43)16-48-21;1-43-9-7-25-19(16-43)15-40-30(41-25)22-6-5-18(21-4-3-8-39-29(21)22)12-26(32(46)47-2)42-31(45)28-23(34)13-20(14-24(28)35)44-10-11-48-17-27(44)33(36,37)38;1-45-31(44)25(41-30(43)27-22(33)13-19(14-23(27)34)42-10-11-46-16-26(42)32(35,36)37)12-17-7-8-21(28-20(17)5-3-9-38-28)29-39-15-18-4-2-6-24(18)40-29/h4-6,9-11,13-14,19,21,27H,7-8,12,15-16H2,1-3H3,(H,41,44);3-6,8,13-15,26-27H,7,9-12,16-17H2,1-2H3,(H,42,45);3,5,7-9,13-15,25-26H,2,4,6,10-12,16H2,1H3,(H,41,43)/t19?,21?,27-;26-,27+;25-,26+/m000/s1. The molecular formula is C99H90F15N15O13. The van der Waals surface area contributed by atoms with Crippen molar-refractivity contribution in [1.29, 1.82) is 0 Å². The van der Waals surface area contributed by atoms with Crippen LogP contribution in [-0.2, 0) is 101 Å². The smallest absolute Gasteiger partial charge is 0.417 e. The lowest BCUT2D eigenvalue weighted by molar-refractivity contribution is -0.167. The lowest BCUT2D eigenvalue weighted by Gasteiger charge is -2.46. The van der Waals surface area contributed by atoms with Crippen molar-refractivity contribution in [1.82, 2.24) is 60.3 Å². The van der Waals surface area contributed by atoms with Crippen molar-refractivity contribution in [2.45, 2.75) is 132 Å². The van der Waals surface area contributed by atoms with Gasteiger partial charge in [-0.3, -0.25) is 34.1 Å². The zero-order valence-electron chi connectivity index (χ0n) is 76.7. The third kappa shape index (κ3) is 21.3. The van der Waals surface area contributed by atoms with E-state index >= 15 is 26.3 Å². The molecule has 19 rings (SSSR count). The third-order valence-electron chi connectivity index (χ3n) is 25.8. The van der Waals surface area contributed by atoms with Gasteiger partial charge in [-0.2, -0.15) is 39.5 Å². The predicted octanol–water partition coefficient (Wildman–Crippen LogP) is 14.1. The number of fused-ring (bicyclic) bond motifs is 8. The highest BCUT2D eigenvalue weighted by Gasteiger charge is 2.49. The van der Waals surface area contributed by atoms with Gasteiger partial charge in [0, 0.05) is 163 Å². The number of aromatic nitrogens is 8. The zero-order chi connectivity index (χ0) is 101. The quantitative estimate of drug-likeness (QED) is 0.0342. The van der Waals surface area contributed by atoms with Gasteiger partial charge in [-0.1, -0.05) is 42.5 Å². The summed E-state index contributed by atoms with van der Waals surface area (Å²) in [5.41, 5.74) is 1.99. The molecule has 6 aliphatic heterocycles. The van der Waals surface area contributed by atoms with E-state index in [1.807, 2.05) is 18.1 Å². The summed E-state index contributed by atoms with van der Waals surface area (Å²) < 4.78 is 247. The summed E-state index contributed by atoms with van der Waals surface area (Å²) in [4.78, 5) is 129. The number of halogens is 15. The summed E-state index contributed by atoms with van der Waals surface area (Å²) in [5.74, 6) is -13.3. The molecule has 3 N–H and O–H groups in total. The molecule has 6 aromatic carbocycles. The van der Waals surface area contributed by atoms with Crippen LogP contribution in [0.2, 0.25) is 0 Å². The van der Waals surface area contributed by atoms with E-state index in [1.54, 1.807) is 73.2 Å². The Kier molecular flexibility index (Phi) is 29.7. The number of piperidine rings is 1. The molecule has 43 heteroatoms. The van der Waals surface area contributed by atoms with Gasteiger partial charge in [-0.25, -0.2) is 60.7 Å². The lowest BCUT2D eigenvalue weighted by atomic mass is 9.93. The van der Waals surface area contributed by atoms with Crippen LogP contribution in [0.4, 0.5) is 82.9 Å².